The number of nitrogens with one attached hydrogen (secondary N) is 1. The van der Waals surface area contributed by atoms with E-state index in [-0.39, 0.29) is 5.91 Å². The molecule has 0 saturated carbocycles. The Hall–Kier alpha value is -2.52. The summed E-state index contributed by atoms with van der Waals surface area (Å²) in [6.45, 7) is 4.69. The zero-order valence-corrected chi connectivity index (χ0v) is 17.1. The van der Waals surface area contributed by atoms with Crippen LogP contribution in [0.25, 0.3) is 0 Å². The van der Waals surface area contributed by atoms with Gasteiger partial charge in [0.25, 0.3) is 0 Å². The van der Waals surface area contributed by atoms with Crippen LogP contribution in [-0.4, -0.2) is 23.3 Å². The number of nitriles is 1. The van der Waals surface area contributed by atoms with Gasteiger partial charge in [0.05, 0.1) is 17.9 Å². The summed E-state index contributed by atoms with van der Waals surface area (Å²) in [6.07, 6.45) is 3.43. The highest BCUT2D eigenvalue weighted by Crippen LogP contribution is 2.30. The molecular weight excluding hydrogens is 370 g/mol. The molecule has 1 heterocycles. The van der Waals surface area contributed by atoms with Crippen LogP contribution in [0.15, 0.2) is 35.4 Å². The van der Waals surface area contributed by atoms with E-state index in [1.165, 1.54) is 17.3 Å². The van der Waals surface area contributed by atoms with Crippen molar-refractivity contribution in [1.82, 2.24) is 4.98 Å². The maximum atomic E-state index is 12.3. The van der Waals surface area contributed by atoms with Gasteiger partial charge in [0.1, 0.15) is 16.8 Å². The van der Waals surface area contributed by atoms with Crippen molar-refractivity contribution < 1.29 is 9.53 Å². The van der Waals surface area contributed by atoms with Crippen molar-refractivity contribution in [3.63, 3.8) is 0 Å². The van der Waals surface area contributed by atoms with Crippen LogP contribution in [0.3, 0.4) is 0 Å². The molecule has 1 atom stereocenters. The minimum atomic E-state index is -0.0788. The zero-order chi connectivity index (χ0) is 19.9. The number of pyridine rings is 1. The molecule has 1 aromatic heterocycles. The number of nitrogens with zero attached hydrogens (tertiary/aromatic N) is 2. The SMILES string of the molecule is CCOc1ccccc1NC(=O)CCSc1nc2c(cc1C#N)CC(C)CC2. The number of hydrogen-bond donors (Lipinski definition) is 1. The first-order valence-electron chi connectivity index (χ1n) is 9.68. The van der Waals surface area contributed by atoms with Gasteiger partial charge in [-0.2, -0.15) is 5.26 Å². The molecule has 1 aliphatic carbocycles. The number of amides is 1. The summed E-state index contributed by atoms with van der Waals surface area (Å²) in [5.41, 5.74) is 3.60. The molecular formula is C22H25N3O2S. The normalized spacial score (nSPS) is 15.4. The van der Waals surface area contributed by atoms with Crippen molar-refractivity contribution in [3.05, 3.63) is 47.2 Å². The smallest absolute Gasteiger partial charge is 0.225 e. The number of aromatic nitrogens is 1. The Labute approximate surface area is 170 Å². The lowest BCUT2D eigenvalue weighted by Crippen LogP contribution is -2.15. The van der Waals surface area contributed by atoms with Gasteiger partial charge < -0.3 is 10.1 Å². The maximum Gasteiger partial charge on any atom is 0.225 e. The number of benzene rings is 1. The number of hydrogen-bond acceptors (Lipinski definition) is 5. The molecule has 1 amide bonds. The Morgan fingerprint density at radius 1 is 1.43 bits per heavy atom. The summed E-state index contributed by atoms with van der Waals surface area (Å²) < 4.78 is 5.54. The summed E-state index contributed by atoms with van der Waals surface area (Å²) in [5.74, 6) is 1.80. The van der Waals surface area contributed by atoms with Gasteiger partial charge in [-0.25, -0.2) is 4.98 Å². The van der Waals surface area contributed by atoms with E-state index in [0.29, 0.717) is 41.7 Å². The van der Waals surface area contributed by atoms with Gasteiger partial charge in [0.15, 0.2) is 0 Å². The first-order chi connectivity index (χ1) is 13.6. The fourth-order valence-corrected chi connectivity index (χ4v) is 4.24. The maximum absolute atomic E-state index is 12.3. The van der Waals surface area contributed by atoms with Gasteiger partial charge in [0.2, 0.25) is 5.91 Å². The third-order valence-electron chi connectivity index (χ3n) is 4.75. The highest BCUT2D eigenvalue weighted by molar-refractivity contribution is 7.99. The monoisotopic (exact) mass is 395 g/mol. The number of thioether (sulfide) groups is 1. The number of carbonyl (C=O) groups excluding carboxylic acids is 1. The molecule has 1 N–H and O–H groups in total. The molecule has 28 heavy (non-hydrogen) atoms. The largest absolute Gasteiger partial charge is 0.492 e. The molecule has 1 aliphatic rings. The number of anilines is 1. The number of para-hydroxylation sites is 2. The van der Waals surface area contributed by atoms with Gasteiger partial charge >= 0.3 is 0 Å². The molecule has 0 aliphatic heterocycles. The zero-order valence-electron chi connectivity index (χ0n) is 16.3. The Balaban J connectivity index is 1.59. The lowest BCUT2D eigenvalue weighted by atomic mass is 9.87. The van der Waals surface area contributed by atoms with Gasteiger partial charge in [-0.3, -0.25) is 4.79 Å². The molecule has 3 rings (SSSR count). The second kappa shape index (κ2) is 9.61. The third-order valence-corrected chi connectivity index (χ3v) is 5.74. The van der Waals surface area contributed by atoms with Crippen LogP contribution in [0.4, 0.5) is 5.69 Å². The van der Waals surface area contributed by atoms with E-state index in [9.17, 15) is 10.1 Å². The van der Waals surface area contributed by atoms with Crippen LogP contribution in [0.5, 0.6) is 5.75 Å². The molecule has 6 heteroatoms. The molecule has 1 unspecified atom stereocenters. The average Bonchev–Trinajstić information content (AvgIpc) is 2.69. The number of aryl methyl sites for hydroxylation is 1. The average molecular weight is 396 g/mol. The second-order valence-electron chi connectivity index (χ2n) is 6.98. The summed E-state index contributed by atoms with van der Waals surface area (Å²) in [5, 5.41) is 13.1. The van der Waals surface area contributed by atoms with Gasteiger partial charge in [0, 0.05) is 17.9 Å². The number of ether oxygens (including phenoxy) is 1. The molecule has 0 bridgehead atoms. The second-order valence-corrected chi connectivity index (χ2v) is 8.07. The minimum absolute atomic E-state index is 0.0788. The predicted octanol–water partition coefficient (Wildman–Crippen LogP) is 4.60. The number of rotatable bonds is 7. The van der Waals surface area contributed by atoms with Gasteiger partial charge in [-0.05, 0) is 55.9 Å². The molecule has 1 aromatic carbocycles. The van der Waals surface area contributed by atoms with Crippen LogP contribution in [-0.2, 0) is 17.6 Å². The van der Waals surface area contributed by atoms with E-state index in [0.717, 1.165) is 30.0 Å². The molecule has 0 spiro atoms. The Morgan fingerprint density at radius 3 is 3.04 bits per heavy atom. The lowest BCUT2D eigenvalue weighted by Gasteiger charge is -2.21. The topological polar surface area (TPSA) is 75.0 Å². The van der Waals surface area contributed by atoms with E-state index in [1.807, 2.05) is 37.3 Å². The standard InChI is InChI=1S/C22H25N3O2S/c1-3-27-20-7-5-4-6-19(20)24-21(26)10-11-28-22-17(14-23)13-16-12-15(2)8-9-18(16)25-22/h4-7,13,15H,3,8-12H2,1-2H3,(H,24,26). The van der Waals surface area contributed by atoms with Crippen molar-refractivity contribution in [2.24, 2.45) is 5.92 Å². The highest BCUT2D eigenvalue weighted by atomic mass is 32.2. The molecule has 2 aromatic rings. The van der Waals surface area contributed by atoms with E-state index in [4.69, 9.17) is 9.72 Å². The van der Waals surface area contributed by atoms with E-state index < -0.39 is 0 Å². The van der Waals surface area contributed by atoms with Crippen LogP contribution in [0.2, 0.25) is 0 Å². The van der Waals surface area contributed by atoms with Crippen molar-refractivity contribution in [3.8, 4) is 11.8 Å². The predicted molar refractivity (Wildman–Crippen MR) is 112 cm³/mol. The first-order valence-corrected chi connectivity index (χ1v) is 10.7. The summed E-state index contributed by atoms with van der Waals surface area (Å²) in [4.78, 5) is 17.0. The van der Waals surface area contributed by atoms with E-state index in [2.05, 4.69) is 18.3 Å². The summed E-state index contributed by atoms with van der Waals surface area (Å²) >= 11 is 1.47. The lowest BCUT2D eigenvalue weighted by molar-refractivity contribution is -0.115. The molecule has 0 fully saturated rings. The third kappa shape index (κ3) is 5.05. The fourth-order valence-electron chi connectivity index (χ4n) is 3.32. The van der Waals surface area contributed by atoms with Gasteiger partial charge in [-0.1, -0.05) is 19.1 Å². The Bertz CT molecular complexity index is 892. The van der Waals surface area contributed by atoms with Gasteiger partial charge in [-0.15, -0.1) is 11.8 Å². The van der Waals surface area contributed by atoms with E-state index >= 15 is 0 Å². The van der Waals surface area contributed by atoms with Crippen LogP contribution >= 0.6 is 11.8 Å². The Morgan fingerprint density at radius 2 is 2.25 bits per heavy atom. The summed E-state index contributed by atoms with van der Waals surface area (Å²) in [6, 6.07) is 11.7. The van der Waals surface area contributed by atoms with E-state index in [1.54, 1.807) is 0 Å². The van der Waals surface area contributed by atoms with Crippen LogP contribution in [0, 0.1) is 17.2 Å². The quantitative estimate of drug-likeness (QED) is 0.694. The van der Waals surface area contributed by atoms with Crippen molar-refractivity contribution >= 4 is 23.4 Å². The van der Waals surface area contributed by atoms with Crippen LogP contribution < -0.4 is 10.1 Å². The Kier molecular flexibility index (Phi) is 6.94. The van der Waals surface area contributed by atoms with Crippen molar-refractivity contribution in [2.75, 3.05) is 17.7 Å². The molecule has 5 nitrogen and oxygen atoms in total. The number of carbonyl (C=O) groups is 1. The molecule has 146 valence electrons. The molecule has 0 saturated heterocycles. The summed E-state index contributed by atoms with van der Waals surface area (Å²) in [7, 11) is 0. The van der Waals surface area contributed by atoms with Crippen molar-refractivity contribution in [2.45, 2.75) is 44.6 Å². The molecule has 0 radical (unpaired) electrons. The van der Waals surface area contributed by atoms with Crippen molar-refractivity contribution in [1.29, 1.82) is 5.26 Å². The minimum Gasteiger partial charge on any atom is -0.492 e. The fraction of sp³-hybridized carbons (Fsp3) is 0.409. The number of fused-ring (bicyclic) bond motifs is 1. The highest BCUT2D eigenvalue weighted by Gasteiger charge is 2.19. The van der Waals surface area contributed by atoms with Crippen LogP contribution in [0.1, 0.15) is 43.5 Å². The first kappa shape index (κ1) is 20.2.